The first kappa shape index (κ1) is 27.2. The first-order chi connectivity index (χ1) is 20.0. The maximum Gasteiger partial charge on any atom is 0.163 e. The molecule has 0 radical (unpaired) electrons. The third-order valence-corrected chi connectivity index (χ3v) is 6.74. The van der Waals surface area contributed by atoms with E-state index in [9.17, 15) is 10.1 Å². The molecule has 3 aromatic carbocycles. The SMILES string of the molecule is CCc1cc(C(C)=O)c(OCc2cncc(C#N)c2)cc1OCc1cccc(-c2ccc3c(c2)OCCO3)c1C#N. The van der Waals surface area contributed by atoms with Crippen LogP contribution in [0.25, 0.3) is 11.1 Å². The second-order valence-corrected chi connectivity index (χ2v) is 9.45. The quantitative estimate of drug-likeness (QED) is 0.229. The number of hydrogen-bond acceptors (Lipinski definition) is 8. The Labute approximate surface area is 238 Å². The van der Waals surface area contributed by atoms with Crippen molar-refractivity contribution < 1.29 is 23.7 Å². The van der Waals surface area contributed by atoms with Crippen molar-refractivity contribution in [2.75, 3.05) is 13.2 Å². The molecule has 0 spiro atoms. The molecule has 0 bridgehead atoms. The first-order valence-corrected chi connectivity index (χ1v) is 13.2. The van der Waals surface area contributed by atoms with Crippen molar-refractivity contribution in [3.63, 3.8) is 0 Å². The topological polar surface area (TPSA) is 114 Å². The summed E-state index contributed by atoms with van der Waals surface area (Å²) >= 11 is 0. The van der Waals surface area contributed by atoms with Gasteiger partial charge in [-0.1, -0.05) is 31.2 Å². The second kappa shape index (κ2) is 12.2. The number of fused-ring (bicyclic) bond motifs is 1. The van der Waals surface area contributed by atoms with Gasteiger partial charge in [-0.15, -0.1) is 0 Å². The number of pyridine rings is 1. The fourth-order valence-electron chi connectivity index (χ4n) is 4.66. The van der Waals surface area contributed by atoms with Crippen LogP contribution in [0.15, 0.2) is 67.0 Å². The van der Waals surface area contributed by atoms with E-state index in [0.717, 1.165) is 22.3 Å². The average Bonchev–Trinajstić information content (AvgIpc) is 3.02. The molecule has 1 aliphatic rings. The number of rotatable bonds is 9. The predicted molar refractivity (Wildman–Crippen MR) is 151 cm³/mol. The Hall–Kier alpha value is -5.34. The molecule has 0 fully saturated rings. The Bertz CT molecular complexity index is 1700. The number of nitrogens with zero attached hydrogens (tertiary/aromatic N) is 3. The number of aromatic nitrogens is 1. The normalized spacial score (nSPS) is 11.7. The van der Waals surface area contributed by atoms with Gasteiger partial charge in [0.05, 0.1) is 16.7 Å². The molecule has 0 amide bonds. The summed E-state index contributed by atoms with van der Waals surface area (Å²) in [6, 6.07) is 20.9. The van der Waals surface area contributed by atoms with Crippen molar-refractivity contribution in [1.82, 2.24) is 4.98 Å². The molecule has 41 heavy (non-hydrogen) atoms. The Balaban J connectivity index is 1.42. The third kappa shape index (κ3) is 5.98. The fraction of sp³-hybridized carbons (Fsp3) is 0.212. The minimum atomic E-state index is -0.135. The van der Waals surface area contributed by atoms with Crippen LogP contribution in [-0.2, 0) is 19.6 Å². The summed E-state index contributed by atoms with van der Waals surface area (Å²) in [5.41, 5.74) is 5.26. The smallest absolute Gasteiger partial charge is 0.163 e. The summed E-state index contributed by atoms with van der Waals surface area (Å²) in [5.74, 6) is 2.14. The van der Waals surface area contributed by atoms with E-state index in [4.69, 9.17) is 24.2 Å². The van der Waals surface area contributed by atoms with Crippen molar-refractivity contribution in [3.05, 3.63) is 100 Å². The molecule has 204 valence electrons. The van der Waals surface area contributed by atoms with Crippen molar-refractivity contribution in [3.8, 4) is 46.3 Å². The van der Waals surface area contributed by atoms with Crippen LogP contribution in [0, 0.1) is 22.7 Å². The van der Waals surface area contributed by atoms with E-state index >= 15 is 0 Å². The van der Waals surface area contributed by atoms with Crippen LogP contribution >= 0.6 is 0 Å². The van der Waals surface area contributed by atoms with Crippen molar-refractivity contribution >= 4 is 5.78 Å². The van der Waals surface area contributed by atoms with E-state index in [0.29, 0.717) is 64.9 Å². The molecule has 0 N–H and O–H groups in total. The zero-order valence-electron chi connectivity index (χ0n) is 22.8. The number of nitriles is 2. The van der Waals surface area contributed by atoms with E-state index in [1.54, 1.807) is 24.4 Å². The van der Waals surface area contributed by atoms with Crippen LogP contribution in [0.5, 0.6) is 23.0 Å². The Morgan fingerprint density at radius 3 is 2.46 bits per heavy atom. The molecule has 8 heteroatoms. The number of hydrogen-bond donors (Lipinski definition) is 0. The highest BCUT2D eigenvalue weighted by Gasteiger charge is 2.18. The van der Waals surface area contributed by atoms with E-state index in [2.05, 4.69) is 17.1 Å². The van der Waals surface area contributed by atoms with E-state index < -0.39 is 0 Å². The largest absolute Gasteiger partial charge is 0.488 e. The van der Waals surface area contributed by atoms with Gasteiger partial charge in [-0.05, 0) is 54.3 Å². The highest BCUT2D eigenvalue weighted by Crippen LogP contribution is 2.37. The van der Waals surface area contributed by atoms with Gasteiger partial charge in [-0.2, -0.15) is 10.5 Å². The number of carbonyl (C=O) groups is 1. The van der Waals surface area contributed by atoms with E-state index in [1.807, 2.05) is 43.3 Å². The molecule has 4 aromatic rings. The first-order valence-electron chi connectivity index (χ1n) is 13.2. The monoisotopic (exact) mass is 545 g/mol. The van der Waals surface area contributed by atoms with Gasteiger partial charge in [-0.3, -0.25) is 9.78 Å². The fourth-order valence-corrected chi connectivity index (χ4v) is 4.66. The molecule has 0 saturated carbocycles. The number of carbonyl (C=O) groups excluding carboxylic acids is 1. The standard InChI is InChI=1S/C33H27N3O5/c1-3-24-12-28(21(2)37)32(40-19-23-11-22(15-34)17-36-18-23)14-31(24)41-20-26-5-4-6-27(29(26)16-35)25-7-8-30-33(13-25)39-10-9-38-30/h4-8,11-14,17-18H,3,9-10,19-20H2,1-2H3. The number of ketones is 1. The lowest BCUT2D eigenvalue weighted by Crippen LogP contribution is -2.15. The third-order valence-electron chi connectivity index (χ3n) is 6.74. The maximum atomic E-state index is 12.5. The highest BCUT2D eigenvalue weighted by molar-refractivity contribution is 5.97. The summed E-state index contributed by atoms with van der Waals surface area (Å²) in [6.07, 6.45) is 3.72. The molecule has 5 rings (SSSR count). The minimum absolute atomic E-state index is 0.129. The molecule has 8 nitrogen and oxygen atoms in total. The lowest BCUT2D eigenvalue weighted by atomic mass is 9.96. The van der Waals surface area contributed by atoms with Gasteiger partial charge in [0.15, 0.2) is 17.3 Å². The summed E-state index contributed by atoms with van der Waals surface area (Å²) in [4.78, 5) is 16.5. The molecule has 0 saturated heterocycles. The van der Waals surface area contributed by atoms with Crippen LogP contribution in [0.4, 0.5) is 0 Å². The summed E-state index contributed by atoms with van der Waals surface area (Å²) in [5, 5.41) is 19.3. The molecule has 2 heterocycles. The zero-order valence-corrected chi connectivity index (χ0v) is 22.8. The van der Waals surface area contributed by atoms with Gasteiger partial charge in [0.1, 0.15) is 50.1 Å². The summed E-state index contributed by atoms with van der Waals surface area (Å²) in [7, 11) is 0. The maximum absolute atomic E-state index is 12.5. The summed E-state index contributed by atoms with van der Waals surface area (Å²) < 4.78 is 23.6. The number of ether oxygens (including phenoxy) is 4. The van der Waals surface area contributed by atoms with Crippen molar-refractivity contribution in [1.29, 1.82) is 10.5 Å². The van der Waals surface area contributed by atoms with Gasteiger partial charge in [0.25, 0.3) is 0 Å². The van der Waals surface area contributed by atoms with Gasteiger partial charge < -0.3 is 18.9 Å². The molecule has 0 aliphatic carbocycles. The Morgan fingerprint density at radius 1 is 0.902 bits per heavy atom. The number of Topliss-reactive ketones (excluding diaryl/α,β-unsaturated/α-hetero) is 1. The number of aryl methyl sites for hydroxylation is 1. The van der Waals surface area contributed by atoms with Gasteiger partial charge in [0.2, 0.25) is 0 Å². The van der Waals surface area contributed by atoms with Crippen LogP contribution in [0.3, 0.4) is 0 Å². The van der Waals surface area contributed by atoms with Gasteiger partial charge >= 0.3 is 0 Å². The average molecular weight is 546 g/mol. The van der Waals surface area contributed by atoms with Gasteiger partial charge in [0, 0.05) is 29.6 Å². The molecule has 0 atom stereocenters. The molecular weight excluding hydrogens is 518 g/mol. The van der Waals surface area contributed by atoms with Crippen molar-refractivity contribution in [2.24, 2.45) is 0 Å². The zero-order chi connectivity index (χ0) is 28.8. The summed E-state index contributed by atoms with van der Waals surface area (Å²) in [6.45, 7) is 4.73. The lowest BCUT2D eigenvalue weighted by molar-refractivity contribution is 0.101. The Kier molecular flexibility index (Phi) is 8.13. The van der Waals surface area contributed by atoms with E-state index in [1.165, 1.54) is 13.1 Å². The Morgan fingerprint density at radius 2 is 1.71 bits per heavy atom. The molecular formula is C33H27N3O5. The van der Waals surface area contributed by atoms with Crippen LogP contribution in [0.2, 0.25) is 0 Å². The highest BCUT2D eigenvalue weighted by atomic mass is 16.6. The molecule has 0 unspecified atom stereocenters. The van der Waals surface area contributed by atoms with Crippen LogP contribution in [-0.4, -0.2) is 24.0 Å². The second-order valence-electron chi connectivity index (χ2n) is 9.45. The predicted octanol–water partition coefficient (Wildman–Crippen LogP) is 6.19. The lowest BCUT2D eigenvalue weighted by Gasteiger charge is -2.19. The van der Waals surface area contributed by atoms with Crippen LogP contribution in [0.1, 0.15) is 52.0 Å². The van der Waals surface area contributed by atoms with Crippen molar-refractivity contribution in [2.45, 2.75) is 33.5 Å². The molecule has 1 aliphatic heterocycles. The van der Waals surface area contributed by atoms with E-state index in [-0.39, 0.29) is 19.0 Å². The van der Waals surface area contributed by atoms with Gasteiger partial charge in [-0.25, -0.2) is 0 Å². The van der Waals surface area contributed by atoms with Crippen LogP contribution < -0.4 is 18.9 Å². The number of benzene rings is 3. The molecule has 1 aromatic heterocycles. The minimum Gasteiger partial charge on any atom is -0.488 e.